The number of nitrogens with zero attached hydrogens (tertiary/aromatic N) is 3. The summed E-state index contributed by atoms with van der Waals surface area (Å²) in [6.45, 7) is 4.58. The summed E-state index contributed by atoms with van der Waals surface area (Å²) in [5.41, 5.74) is 0. The van der Waals surface area contributed by atoms with Crippen molar-refractivity contribution < 1.29 is 4.79 Å². The maximum atomic E-state index is 10.8. The van der Waals surface area contributed by atoms with Gasteiger partial charge in [-0.3, -0.25) is 4.79 Å². The number of amides is 1. The second kappa shape index (κ2) is 5.60. The van der Waals surface area contributed by atoms with Crippen LogP contribution < -0.4 is 5.32 Å². The fraction of sp³-hybridized carbons (Fsp3) is 0.300. The second-order valence-corrected chi connectivity index (χ2v) is 2.90. The van der Waals surface area contributed by atoms with Gasteiger partial charge in [-0.15, -0.1) is 0 Å². The summed E-state index contributed by atoms with van der Waals surface area (Å²) in [6.07, 6.45) is 5.32. The zero-order valence-electron chi connectivity index (χ0n) is 8.31. The van der Waals surface area contributed by atoms with Crippen molar-refractivity contribution in [2.45, 2.75) is 13.0 Å². The standard InChI is InChI=1S/C10H12N4O/c1-2-10(15)13-4-3-6-14-7-5-12-9(14)8-11/h2,5,7H,1,3-4,6H2,(H,13,15). The van der Waals surface area contributed by atoms with Crippen molar-refractivity contribution in [3.8, 4) is 6.07 Å². The van der Waals surface area contributed by atoms with E-state index in [9.17, 15) is 4.79 Å². The van der Waals surface area contributed by atoms with E-state index in [1.807, 2.05) is 6.07 Å². The lowest BCUT2D eigenvalue weighted by atomic mass is 10.4. The van der Waals surface area contributed by atoms with Crippen LogP contribution in [0.3, 0.4) is 0 Å². The van der Waals surface area contributed by atoms with Gasteiger partial charge < -0.3 is 9.88 Å². The molecule has 0 atom stereocenters. The largest absolute Gasteiger partial charge is 0.353 e. The summed E-state index contributed by atoms with van der Waals surface area (Å²) >= 11 is 0. The molecular weight excluding hydrogens is 192 g/mol. The van der Waals surface area contributed by atoms with E-state index in [0.717, 1.165) is 6.42 Å². The van der Waals surface area contributed by atoms with Crippen LogP contribution in [-0.2, 0) is 11.3 Å². The fourth-order valence-corrected chi connectivity index (χ4v) is 1.14. The molecule has 1 heterocycles. The Bertz CT molecular complexity index is 388. The number of carbonyl (C=O) groups excluding carboxylic acids is 1. The monoisotopic (exact) mass is 204 g/mol. The number of rotatable bonds is 5. The molecule has 78 valence electrons. The van der Waals surface area contributed by atoms with Gasteiger partial charge in [-0.25, -0.2) is 4.98 Å². The zero-order valence-corrected chi connectivity index (χ0v) is 8.31. The van der Waals surface area contributed by atoms with E-state index in [0.29, 0.717) is 18.9 Å². The molecule has 0 aliphatic carbocycles. The van der Waals surface area contributed by atoms with Crippen LogP contribution in [0, 0.1) is 11.3 Å². The third kappa shape index (κ3) is 3.27. The maximum absolute atomic E-state index is 10.8. The number of hydrogen-bond donors (Lipinski definition) is 1. The molecule has 1 amide bonds. The quantitative estimate of drug-likeness (QED) is 0.559. The van der Waals surface area contributed by atoms with Crippen molar-refractivity contribution in [2.75, 3.05) is 6.54 Å². The Hall–Kier alpha value is -2.09. The number of carbonyl (C=O) groups is 1. The lowest BCUT2D eigenvalue weighted by Crippen LogP contribution is -2.22. The first-order valence-electron chi connectivity index (χ1n) is 4.59. The Balaban J connectivity index is 2.29. The highest BCUT2D eigenvalue weighted by atomic mass is 16.1. The molecule has 0 bridgehead atoms. The van der Waals surface area contributed by atoms with Crippen LogP contribution in [0.1, 0.15) is 12.2 Å². The molecule has 0 spiro atoms. The van der Waals surface area contributed by atoms with Crippen molar-refractivity contribution in [2.24, 2.45) is 0 Å². The molecule has 1 N–H and O–H groups in total. The van der Waals surface area contributed by atoms with Crippen LogP contribution in [0.4, 0.5) is 0 Å². The summed E-state index contributed by atoms with van der Waals surface area (Å²) in [5, 5.41) is 11.3. The lowest BCUT2D eigenvalue weighted by Gasteiger charge is -2.03. The molecule has 1 aromatic rings. The smallest absolute Gasteiger partial charge is 0.243 e. The van der Waals surface area contributed by atoms with Crippen LogP contribution in [-0.4, -0.2) is 22.0 Å². The molecule has 1 rings (SSSR count). The summed E-state index contributed by atoms with van der Waals surface area (Å²) in [6, 6.07) is 1.98. The topological polar surface area (TPSA) is 70.7 Å². The van der Waals surface area contributed by atoms with E-state index >= 15 is 0 Å². The normalized spacial score (nSPS) is 9.27. The van der Waals surface area contributed by atoms with E-state index in [-0.39, 0.29) is 5.91 Å². The summed E-state index contributed by atoms with van der Waals surface area (Å²) in [5.74, 6) is 0.214. The van der Waals surface area contributed by atoms with Gasteiger partial charge >= 0.3 is 0 Å². The van der Waals surface area contributed by atoms with Crippen LogP contribution >= 0.6 is 0 Å². The molecule has 1 aromatic heterocycles. The molecule has 0 aliphatic heterocycles. The van der Waals surface area contributed by atoms with Gasteiger partial charge in [0.25, 0.3) is 0 Å². The molecule has 0 aromatic carbocycles. The predicted octanol–water partition coefficient (Wildman–Crippen LogP) is 0.447. The highest BCUT2D eigenvalue weighted by molar-refractivity contribution is 5.86. The average molecular weight is 204 g/mol. The highest BCUT2D eigenvalue weighted by Crippen LogP contribution is 1.96. The molecule has 5 nitrogen and oxygen atoms in total. The van der Waals surface area contributed by atoms with Crippen molar-refractivity contribution in [1.82, 2.24) is 14.9 Å². The van der Waals surface area contributed by atoms with Gasteiger partial charge in [0.05, 0.1) is 0 Å². The Morgan fingerprint density at radius 1 is 1.80 bits per heavy atom. The van der Waals surface area contributed by atoms with Crippen molar-refractivity contribution in [1.29, 1.82) is 5.26 Å². The van der Waals surface area contributed by atoms with Gasteiger partial charge in [0.15, 0.2) is 0 Å². The number of hydrogen-bond acceptors (Lipinski definition) is 3. The van der Waals surface area contributed by atoms with E-state index in [1.165, 1.54) is 6.08 Å². The lowest BCUT2D eigenvalue weighted by molar-refractivity contribution is -0.116. The van der Waals surface area contributed by atoms with Crippen LogP contribution in [0.15, 0.2) is 25.0 Å². The molecule has 0 radical (unpaired) electrons. The molecule has 0 aliphatic rings. The first kappa shape index (κ1) is 11.0. The molecule has 5 heteroatoms. The molecule has 0 saturated heterocycles. The van der Waals surface area contributed by atoms with Crippen molar-refractivity contribution in [3.63, 3.8) is 0 Å². The SMILES string of the molecule is C=CC(=O)NCCCn1ccnc1C#N. The van der Waals surface area contributed by atoms with Gasteiger partial charge in [-0.05, 0) is 12.5 Å². The minimum absolute atomic E-state index is 0.180. The molecular formula is C10H12N4O. The second-order valence-electron chi connectivity index (χ2n) is 2.90. The first-order valence-corrected chi connectivity index (χ1v) is 4.59. The summed E-state index contributed by atoms with van der Waals surface area (Å²) in [7, 11) is 0. The minimum Gasteiger partial charge on any atom is -0.353 e. The summed E-state index contributed by atoms with van der Waals surface area (Å²) in [4.78, 5) is 14.7. The molecule has 15 heavy (non-hydrogen) atoms. The van der Waals surface area contributed by atoms with Gasteiger partial charge in [0, 0.05) is 25.5 Å². The van der Waals surface area contributed by atoms with E-state index in [4.69, 9.17) is 5.26 Å². The van der Waals surface area contributed by atoms with Gasteiger partial charge in [0.2, 0.25) is 11.7 Å². The predicted molar refractivity (Wildman–Crippen MR) is 54.8 cm³/mol. The van der Waals surface area contributed by atoms with Gasteiger partial charge in [0.1, 0.15) is 6.07 Å². The fourth-order valence-electron chi connectivity index (χ4n) is 1.14. The number of nitriles is 1. The Morgan fingerprint density at radius 3 is 3.27 bits per heavy atom. The van der Waals surface area contributed by atoms with Gasteiger partial charge in [-0.1, -0.05) is 6.58 Å². The Morgan fingerprint density at radius 2 is 2.60 bits per heavy atom. The third-order valence-electron chi connectivity index (χ3n) is 1.88. The minimum atomic E-state index is -0.180. The molecule has 0 unspecified atom stereocenters. The van der Waals surface area contributed by atoms with Crippen molar-refractivity contribution >= 4 is 5.91 Å². The zero-order chi connectivity index (χ0) is 11.1. The summed E-state index contributed by atoms with van der Waals surface area (Å²) < 4.78 is 1.75. The third-order valence-corrected chi connectivity index (χ3v) is 1.88. The van der Waals surface area contributed by atoms with Crippen LogP contribution in [0.5, 0.6) is 0 Å². The van der Waals surface area contributed by atoms with E-state index in [1.54, 1.807) is 17.0 Å². The average Bonchev–Trinajstić information content (AvgIpc) is 2.71. The number of nitrogens with one attached hydrogen (secondary N) is 1. The maximum Gasteiger partial charge on any atom is 0.243 e. The van der Waals surface area contributed by atoms with Crippen LogP contribution in [0.2, 0.25) is 0 Å². The van der Waals surface area contributed by atoms with Crippen LogP contribution in [0.25, 0.3) is 0 Å². The molecule has 0 fully saturated rings. The number of aryl methyl sites for hydroxylation is 1. The Kier molecular flexibility index (Phi) is 4.10. The van der Waals surface area contributed by atoms with Gasteiger partial charge in [-0.2, -0.15) is 5.26 Å². The number of imidazole rings is 1. The highest BCUT2D eigenvalue weighted by Gasteiger charge is 2.00. The van der Waals surface area contributed by atoms with Crippen molar-refractivity contribution in [3.05, 3.63) is 30.9 Å². The number of aromatic nitrogens is 2. The van der Waals surface area contributed by atoms with E-state index < -0.39 is 0 Å². The Labute approximate surface area is 88.0 Å². The van der Waals surface area contributed by atoms with E-state index in [2.05, 4.69) is 16.9 Å². The molecule has 0 saturated carbocycles. The first-order chi connectivity index (χ1) is 7.27.